The van der Waals surface area contributed by atoms with Crippen LogP contribution in [0.2, 0.25) is 0 Å². The number of hydrogen-bond acceptors (Lipinski definition) is 5. The first-order chi connectivity index (χ1) is 11.1. The summed E-state index contributed by atoms with van der Waals surface area (Å²) in [4.78, 5) is 23.7. The highest BCUT2D eigenvalue weighted by Crippen LogP contribution is 2.35. The van der Waals surface area contributed by atoms with Crippen LogP contribution in [0.3, 0.4) is 0 Å². The van der Waals surface area contributed by atoms with E-state index in [0.29, 0.717) is 5.57 Å². The maximum atomic E-state index is 12.2. The van der Waals surface area contributed by atoms with Gasteiger partial charge in [-0.05, 0) is 25.3 Å². The highest BCUT2D eigenvalue weighted by atomic mass is 16.5. The highest BCUT2D eigenvalue weighted by Gasteiger charge is 2.33. The molecule has 1 N–H and O–H groups in total. The average Bonchev–Trinajstić information content (AvgIpc) is 2.96. The lowest BCUT2D eigenvalue weighted by molar-refractivity contribution is -0.141. The lowest BCUT2D eigenvalue weighted by atomic mass is 9.97. The minimum Gasteiger partial charge on any atom is -0.469 e. The number of hydrogen-bond donors (Lipinski definition) is 1. The van der Waals surface area contributed by atoms with Gasteiger partial charge in [-0.2, -0.15) is 0 Å². The summed E-state index contributed by atoms with van der Waals surface area (Å²) < 4.78 is 9.63. The molecule has 23 heavy (non-hydrogen) atoms. The van der Waals surface area contributed by atoms with Crippen molar-refractivity contribution in [3.63, 3.8) is 0 Å². The van der Waals surface area contributed by atoms with Crippen molar-refractivity contribution in [1.82, 2.24) is 5.32 Å². The summed E-state index contributed by atoms with van der Waals surface area (Å²) in [5, 5.41) is 3.41. The van der Waals surface area contributed by atoms with E-state index in [1.807, 2.05) is 37.3 Å². The van der Waals surface area contributed by atoms with Gasteiger partial charge in [0.2, 0.25) is 0 Å². The van der Waals surface area contributed by atoms with E-state index in [-0.39, 0.29) is 30.3 Å². The van der Waals surface area contributed by atoms with Gasteiger partial charge in [-0.15, -0.1) is 0 Å². The number of ether oxygens (including phenoxy) is 2. The Morgan fingerprint density at radius 2 is 1.91 bits per heavy atom. The molecule has 0 heterocycles. The molecule has 0 fully saturated rings. The maximum Gasteiger partial charge on any atom is 0.335 e. The Balaban J connectivity index is 2.20. The van der Waals surface area contributed by atoms with E-state index < -0.39 is 0 Å². The van der Waals surface area contributed by atoms with Crippen LogP contribution in [0.15, 0.2) is 41.6 Å². The third-order valence-electron chi connectivity index (χ3n) is 4.21. The van der Waals surface area contributed by atoms with Crippen LogP contribution in [0.25, 0.3) is 0 Å². The van der Waals surface area contributed by atoms with Crippen molar-refractivity contribution >= 4 is 11.9 Å². The first-order valence-electron chi connectivity index (χ1n) is 7.76. The number of rotatable bonds is 6. The van der Waals surface area contributed by atoms with E-state index in [2.05, 4.69) is 5.32 Å². The van der Waals surface area contributed by atoms with Crippen molar-refractivity contribution in [3.05, 3.63) is 47.2 Å². The lowest BCUT2D eigenvalue weighted by Crippen LogP contribution is -2.22. The second kappa shape index (κ2) is 7.81. The molecular formula is C18H23NO4. The Labute approximate surface area is 136 Å². The predicted octanol–water partition coefficient (Wildman–Crippen LogP) is 2.74. The molecule has 0 saturated carbocycles. The minimum atomic E-state index is -0.376. The fraction of sp³-hybridized carbons (Fsp3) is 0.444. The first kappa shape index (κ1) is 17.1. The van der Waals surface area contributed by atoms with Crippen LogP contribution in [-0.2, 0) is 19.1 Å². The fourth-order valence-electron chi connectivity index (χ4n) is 2.97. The van der Waals surface area contributed by atoms with E-state index in [1.54, 1.807) is 0 Å². The molecule has 1 aliphatic carbocycles. The molecule has 5 heteroatoms. The summed E-state index contributed by atoms with van der Waals surface area (Å²) in [7, 11) is 2.72. The predicted molar refractivity (Wildman–Crippen MR) is 86.4 cm³/mol. The number of allylic oxidation sites excluding steroid dienone is 1. The van der Waals surface area contributed by atoms with E-state index in [0.717, 1.165) is 24.1 Å². The van der Waals surface area contributed by atoms with Crippen LogP contribution in [0.5, 0.6) is 0 Å². The smallest absolute Gasteiger partial charge is 0.335 e. The molecule has 5 nitrogen and oxygen atoms in total. The molecule has 0 aromatic heterocycles. The van der Waals surface area contributed by atoms with E-state index >= 15 is 0 Å². The topological polar surface area (TPSA) is 64.6 Å². The molecule has 0 radical (unpaired) electrons. The number of methoxy groups -OCH3 is 2. The van der Waals surface area contributed by atoms with Crippen LogP contribution in [-0.4, -0.2) is 26.2 Å². The summed E-state index contributed by atoms with van der Waals surface area (Å²) in [6.07, 6.45) is 1.67. The normalized spacial score (nSPS) is 18.5. The third kappa shape index (κ3) is 4.12. The van der Waals surface area contributed by atoms with Crippen LogP contribution in [0.1, 0.15) is 37.8 Å². The van der Waals surface area contributed by atoms with Crippen molar-refractivity contribution in [2.45, 2.75) is 32.2 Å². The fourth-order valence-corrected chi connectivity index (χ4v) is 2.97. The van der Waals surface area contributed by atoms with Gasteiger partial charge < -0.3 is 14.8 Å². The molecule has 1 unspecified atom stereocenters. The van der Waals surface area contributed by atoms with Gasteiger partial charge in [0.1, 0.15) is 0 Å². The first-order valence-corrected chi connectivity index (χ1v) is 7.76. The molecule has 0 aliphatic heterocycles. The summed E-state index contributed by atoms with van der Waals surface area (Å²) >= 11 is 0. The van der Waals surface area contributed by atoms with Crippen molar-refractivity contribution in [2.75, 3.05) is 14.2 Å². The van der Waals surface area contributed by atoms with Crippen LogP contribution in [0.4, 0.5) is 0 Å². The molecule has 1 aliphatic rings. The Morgan fingerprint density at radius 3 is 2.52 bits per heavy atom. The second-order valence-corrected chi connectivity index (χ2v) is 5.68. The Bertz CT molecular complexity index is 594. The summed E-state index contributed by atoms with van der Waals surface area (Å²) in [6, 6.07) is 10.1. The van der Waals surface area contributed by atoms with Gasteiger partial charge >= 0.3 is 11.9 Å². The quantitative estimate of drug-likeness (QED) is 0.817. The lowest BCUT2D eigenvalue weighted by Gasteiger charge is -2.18. The number of esters is 2. The third-order valence-corrected chi connectivity index (χ3v) is 4.21. The van der Waals surface area contributed by atoms with Gasteiger partial charge in [-0.1, -0.05) is 30.3 Å². The zero-order valence-corrected chi connectivity index (χ0v) is 13.8. The van der Waals surface area contributed by atoms with Crippen molar-refractivity contribution < 1.29 is 19.1 Å². The molecule has 0 spiro atoms. The maximum absolute atomic E-state index is 12.2. The van der Waals surface area contributed by atoms with Crippen molar-refractivity contribution in [3.8, 4) is 0 Å². The van der Waals surface area contributed by atoms with Gasteiger partial charge in [0, 0.05) is 17.7 Å². The second-order valence-electron chi connectivity index (χ2n) is 5.68. The van der Waals surface area contributed by atoms with E-state index in [1.165, 1.54) is 14.2 Å². The molecule has 1 aromatic rings. The summed E-state index contributed by atoms with van der Waals surface area (Å²) in [5.41, 5.74) is 2.57. The monoisotopic (exact) mass is 317 g/mol. The number of carbonyl (C=O) groups is 2. The van der Waals surface area contributed by atoms with Crippen molar-refractivity contribution in [1.29, 1.82) is 0 Å². The highest BCUT2D eigenvalue weighted by molar-refractivity contribution is 5.91. The molecular weight excluding hydrogens is 294 g/mol. The Kier molecular flexibility index (Phi) is 5.79. The summed E-state index contributed by atoms with van der Waals surface area (Å²) in [6.45, 7) is 2.05. The molecule has 0 amide bonds. The number of carbonyl (C=O) groups excluding carboxylic acids is 2. The molecule has 124 valence electrons. The molecule has 0 bridgehead atoms. The van der Waals surface area contributed by atoms with E-state index in [4.69, 9.17) is 9.47 Å². The SMILES string of the molecule is COC(=O)CC1CCC(N[C@H](C)c2ccccc2)=C1C(=O)OC. The van der Waals surface area contributed by atoms with Gasteiger partial charge in [-0.3, -0.25) is 4.79 Å². The average molecular weight is 317 g/mol. The summed E-state index contributed by atoms with van der Waals surface area (Å²) in [5.74, 6) is -0.840. The van der Waals surface area contributed by atoms with Crippen LogP contribution >= 0.6 is 0 Å². The van der Waals surface area contributed by atoms with Gasteiger partial charge in [0.05, 0.1) is 26.2 Å². The van der Waals surface area contributed by atoms with Gasteiger partial charge in [-0.25, -0.2) is 4.79 Å². The minimum absolute atomic E-state index is 0.0720. The Hall–Kier alpha value is -2.30. The Morgan fingerprint density at radius 1 is 1.22 bits per heavy atom. The number of nitrogens with one attached hydrogen (secondary N) is 1. The van der Waals surface area contributed by atoms with Crippen LogP contribution < -0.4 is 5.32 Å². The largest absolute Gasteiger partial charge is 0.469 e. The zero-order valence-electron chi connectivity index (χ0n) is 13.8. The molecule has 2 rings (SSSR count). The van der Waals surface area contributed by atoms with Gasteiger partial charge in [0.25, 0.3) is 0 Å². The zero-order chi connectivity index (χ0) is 16.8. The molecule has 0 saturated heterocycles. The van der Waals surface area contributed by atoms with Crippen LogP contribution in [0, 0.1) is 5.92 Å². The van der Waals surface area contributed by atoms with Gasteiger partial charge in [0.15, 0.2) is 0 Å². The molecule has 1 aromatic carbocycles. The number of benzene rings is 1. The van der Waals surface area contributed by atoms with E-state index in [9.17, 15) is 9.59 Å². The molecule has 2 atom stereocenters. The van der Waals surface area contributed by atoms with Crippen molar-refractivity contribution in [2.24, 2.45) is 5.92 Å². The standard InChI is InChI=1S/C18H23NO4/c1-12(13-7-5-4-6-8-13)19-15-10-9-14(11-16(20)22-2)17(15)18(21)23-3/h4-8,12,14,19H,9-11H2,1-3H3/t12-,14?/m1/s1.